The maximum absolute atomic E-state index is 5.96. The van der Waals surface area contributed by atoms with Gasteiger partial charge in [0.15, 0.2) is 0 Å². The summed E-state index contributed by atoms with van der Waals surface area (Å²) in [6.45, 7) is 4.28. The Morgan fingerprint density at radius 1 is 1.43 bits per heavy atom. The van der Waals surface area contributed by atoms with E-state index < -0.39 is 0 Å². The lowest BCUT2D eigenvalue weighted by Gasteiger charge is -2.07. The van der Waals surface area contributed by atoms with E-state index in [1.165, 1.54) is 0 Å². The molecule has 0 aliphatic rings. The van der Waals surface area contributed by atoms with Crippen molar-refractivity contribution < 1.29 is 0 Å². The van der Waals surface area contributed by atoms with Crippen molar-refractivity contribution in [3.05, 3.63) is 16.1 Å². The molecule has 1 heterocycles. The lowest BCUT2D eigenvalue weighted by molar-refractivity contribution is 0.749. The molecule has 0 aliphatic heterocycles. The summed E-state index contributed by atoms with van der Waals surface area (Å²) < 4.78 is 0. The van der Waals surface area contributed by atoms with E-state index in [2.05, 4.69) is 18.8 Å². The summed E-state index contributed by atoms with van der Waals surface area (Å²) in [6.07, 6.45) is 0. The molecule has 0 fully saturated rings. The van der Waals surface area contributed by atoms with Gasteiger partial charge in [-0.15, -0.1) is 11.8 Å². The maximum atomic E-state index is 5.96. The van der Waals surface area contributed by atoms with Gasteiger partial charge in [-0.25, -0.2) is 4.98 Å². The first-order chi connectivity index (χ1) is 6.50. The lowest BCUT2D eigenvalue weighted by atomic mass is 10.3. The smallest absolute Gasteiger partial charge is 0.143 e. The number of thioether (sulfide) groups is 1. The molecule has 2 nitrogen and oxygen atoms in total. The summed E-state index contributed by atoms with van der Waals surface area (Å²) in [5, 5.41) is 1.72. The average molecular weight is 251 g/mol. The first kappa shape index (κ1) is 12.0. The van der Waals surface area contributed by atoms with Crippen LogP contribution >= 0.6 is 35.0 Å². The summed E-state index contributed by atoms with van der Waals surface area (Å²) >= 11 is 13.3. The Morgan fingerprint density at radius 2 is 2.07 bits per heavy atom. The molecule has 0 saturated carbocycles. The molecule has 0 radical (unpaired) electrons. The van der Waals surface area contributed by atoms with Crippen molar-refractivity contribution in [2.24, 2.45) is 5.92 Å². The van der Waals surface area contributed by atoms with Gasteiger partial charge in [0.1, 0.15) is 10.8 Å². The number of anilines is 1. The van der Waals surface area contributed by atoms with E-state index in [-0.39, 0.29) is 0 Å². The van der Waals surface area contributed by atoms with Crippen molar-refractivity contribution in [3.63, 3.8) is 0 Å². The zero-order valence-electron chi connectivity index (χ0n) is 8.05. The summed E-state index contributed by atoms with van der Waals surface area (Å²) in [5.41, 5.74) is 5.58. The van der Waals surface area contributed by atoms with Gasteiger partial charge in [-0.3, -0.25) is 0 Å². The van der Waals surface area contributed by atoms with Crippen LogP contribution in [0.3, 0.4) is 0 Å². The SMILES string of the molecule is CC(C)CSc1nc(N)c(Cl)cc1Cl. The number of halogens is 2. The van der Waals surface area contributed by atoms with Crippen molar-refractivity contribution in [2.75, 3.05) is 11.5 Å². The molecule has 1 aromatic heterocycles. The molecule has 0 aliphatic carbocycles. The van der Waals surface area contributed by atoms with E-state index in [0.29, 0.717) is 21.8 Å². The van der Waals surface area contributed by atoms with Crippen LogP contribution in [0.1, 0.15) is 13.8 Å². The highest BCUT2D eigenvalue weighted by atomic mass is 35.5. The van der Waals surface area contributed by atoms with E-state index in [0.717, 1.165) is 10.8 Å². The fourth-order valence-corrected chi connectivity index (χ4v) is 2.18. The minimum absolute atomic E-state index is 0.335. The van der Waals surface area contributed by atoms with Crippen LogP contribution in [-0.4, -0.2) is 10.7 Å². The molecule has 0 amide bonds. The van der Waals surface area contributed by atoms with Crippen LogP contribution < -0.4 is 5.73 Å². The summed E-state index contributed by atoms with van der Waals surface area (Å²) in [7, 11) is 0. The van der Waals surface area contributed by atoms with Crippen LogP contribution in [-0.2, 0) is 0 Å². The van der Waals surface area contributed by atoms with Crippen molar-refractivity contribution in [3.8, 4) is 0 Å². The Kier molecular flexibility index (Phi) is 4.35. The largest absolute Gasteiger partial charge is 0.382 e. The van der Waals surface area contributed by atoms with E-state index in [9.17, 15) is 0 Å². The summed E-state index contributed by atoms with van der Waals surface area (Å²) in [4.78, 5) is 4.12. The third-order valence-electron chi connectivity index (χ3n) is 1.48. The highest BCUT2D eigenvalue weighted by molar-refractivity contribution is 7.99. The van der Waals surface area contributed by atoms with Crippen molar-refractivity contribution in [1.82, 2.24) is 4.98 Å². The number of nitrogen functional groups attached to an aromatic ring is 1. The highest BCUT2D eigenvalue weighted by Gasteiger charge is 2.08. The van der Waals surface area contributed by atoms with Gasteiger partial charge in [0.2, 0.25) is 0 Å². The lowest BCUT2D eigenvalue weighted by Crippen LogP contribution is -1.96. The van der Waals surface area contributed by atoms with E-state index >= 15 is 0 Å². The average Bonchev–Trinajstić information content (AvgIpc) is 2.09. The standard InChI is InChI=1S/C9H12Cl2N2S/c1-5(2)4-14-9-7(11)3-6(10)8(12)13-9/h3,5H,4H2,1-2H3,(H2,12,13). The maximum Gasteiger partial charge on any atom is 0.143 e. The van der Waals surface area contributed by atoms with Gasteiger partial charge in [0, 0.05) is 5.75 Å². The van der Waals surface area contributed by atoms with Crippen LogP contribution in [0.2, 0.25) is 10.0 Å². The fraction of sp³-hybridized carbons (Fsp3) is 0.444. The number of hydrogen-bond donors (Lipinski definition) is 1. The predicted octanol–water partition coefficient (Wildman–Crippen LogP) is 3.72. The first-order valence-electron chi connectivity index (χ1n) is 4.25. The number of pyridine rings is 1. The van der Waals surface area contributed by atoms with Crippen molar-refractivity contribution in [1.29, 1.82) is 0 Å². The van der Waals surface area contributed by atoms with Gasteiger partial charge >= 0.3 is 0 Å². The molecule has 0 bridgehead atoms. The molecule has 1 aromatic rings. The normalized spacial score (nSPS) is 10.9. The molecule has 0 aromatic carbocycles. The third kappa shape index (κ3) is 3.23. The van der Waals surface area contributed by atoms with Crippen LogP contribution in [0, 0.1) is 5.92 Å². The third-order valence-corrected chi connectivity index (χ3v) is 3.60. The van der Waals surface area contributed by atoms with Crippen LogP contribution in [0.15, 0.2) is 11.1 Å². The van der Waals surface area contributed by atoms with E-state index in [1.807, 2.05) is 0 Å². The monoisotopic (exact) mass is 250 g/mol. The van der Waals surface area contributed by atoms with Gasteiger partial charge in [-0.2, -0.15) is 0 Å². The summed E-state index contributed by atoms with van der Waals surface area (Å²) in [6, 6.07) is 1.63. The Labute approximate surface area is 98.2 Å². The summed E-state index contributed by atoms with van der Waals surface area (Å²) in [5.74, 6) is 1.89. The van der Waals surface area contributed by atoms with Crippen molar-refractivity contribution in [2.45, 2.75) is 18.9 Å². The molecule has 2 N–H and O–H groups in total. The molecule has 1 rings (SSSR count). The predicted molar refractivity (Wildman–Crippen MR) is 64.2 cm³/mol. The molecular weight excluding hydrogens is 239 g/mol. The van der Waals surface area contributed by atoms with E-state index in [1.54, 1.807) is 17.8 Å². The minimum atomic E-state index is 0.335. The number of nitrogens with zero attached hydrogens (tertiary/aromatic N) is 1. The molecule has 14 heavy (non-hydrogen) atoms. The topological polar surface area (TPSA) is 38.9 Å². The van der Waals surface area contributed by atoms with Crippen LogP contribution in [0.4, 0.5) is 5.82 Å². The molecular formula is C9H12Cl2N2S. The van der Waals surface area contributed by atoms with Gasteiger partial charge in [-0.1, -0.05) is 37.0 Å². The number of nitrogens with two attached hydrogens (primary N) is 1. The highest BCUT2D eigenvalue weighted by Crippen LogP contribution is 2.31. The van der Waals surface area contributed by atoms with Gasteiger partial charge in [0.05, 0.1) is 10.0 Å². The van der Waals surface area contributed by atoms with Crippen molar-refractivity contribution >= 4 is 40.8 Å². The molecule has 0 unspecified atom stereocenters. The Hall–Kier alpha value is -0.120. The molecule has 0 atom stereocenters. The number of rotatable bonds is 3. The molecule has 5 heteroatoms. The minimum Gasteiger partial charge on any atom is -0.382 e. The first-order valence-corrected chi connectivity index (χ1v) is 5.99. The molecule has 0 spiro atoms. The second-order valence-corrected chi connectivity index (χ2v) is 5.17. The quantitative estimate of drug-likeness (QED) is 0.832. The van der Waals surface area contributed by atoms with Gasteiger partial charge < -0.3 is 5.73 Å². The zero-order chi connectivity index (χ0) is 10.7. The van der Waals surface area contributed by atoms with Crippen LogP contribution in [0.25, 0.3) is 0 Å². The molecule has 78 valence electrons. The Bertz CT molecular complexity index is 329. The Balaban J connectivity index is 2.82. The zero-order valence-corrected chi connectivity index (χ0v) is 10.4. The second kappa shape index (κ2) is 5.10. The van der Waals surface area contributed by atoms with E-state index in [4.69, 9.17) is 28.9 Å². The number of hydrogen-bond acceptors (Lipinski definition) is 3. The van der Waals surface area contributed by atoms with Gasteiger partial charge in [-0.05, 0) is 12.0 Å². The molecule has 0 saturated heterocycles. The Morgan fingerprint density at radius 3 is 2.64 bits per heavy atom. The van der Waals surface area contributed by atoms with Crippen LogP contribution in [0.5, 0.6) is 0 Å². The fourth-order valence-electron chi connectivity index (χ4n) is 0.810. The number of aromatic nitrogens is 1. The van der Waals surface area contributed by atoms with Gasteiger partial charge in [0.25, 0.3) is 0 Å². The second-order valence-electron chi connectivity index (χ2n) is 3.35.